The Kier molecular flexibility index (Phi) is 3.76. The van der Waals surface area contributed by atoms with Gasteiger partial charge in [-0.25, -0.2) is 9.18 Å². The van der Waals surface area contributed by atoms with Crippen molar-refractivity contribution in [1.29, 1.82) is 5.26 Å². The topological polar surface area (TPSA) is 64.3 Å². The summed E-state index contributed by atoms with van der Waals surface area (Å²) < 4.78 is 14.3. The zero-order chi connectivity index (χ0) is 14.2. The van der Waals surface area contributed by atoms with Crippen molar-refractivity contribution in [3.8, 4) is 6.07 Å². The van der Waals surface area contributed by atoms with Crippen LogP contribution in [0.5, 0.6) is 0 Å². The lowest BCUT2D eigenvalue weighted by atomic mass is 10.0. The van der Waals surface area contributed by atoms with Crippen LogP contribution in [-0.2, 0) is 4.79 Å². The van der Waals surface area contributed by atoms with Gasteiger partial charge in [-0.1, -0.05) is 6.92 Å². The molecule has 0 amide bonds. The van der Waals surface area contributed by atoms with Gasteiger partial charge in [0.15, 0.2) is 5.82 Å². The maximum atomic E-state index is 14.2. The number of carboxylic acid groups (broad SMARTS) is 1. The fraction of sp³-hybridized carbons (Fsp3) is 0.385. The molecule has 0 radical (unpaired) electrons. The second-order valence-electron chi connectivity index (χ2n) is 4.61. The zero-order valence-corrected chi connectivity index (χ0v) is 11.8. The number of carboxylic acids is 1. The minimum Gasteiger partial charge on any atom is -0.480 e. The summed E-state index contributed by atoms with van der Waals surface area (Å²) in [5.41, 5.74) is 0.419. The first-order valence-electron chi connectivity index (χ1n) is 5.85. The fourth-order valence-electron chi connectivity index (χ4n) is 2.44. The van der Waals surface area contributed by atoms with Crippen LogP contribution in [0.2, 0.25) is 0 Å². The van der Waals surface area contributed by atoms with E-state index in [1.807, 2.05) is 13.0 Å². The molecule has 6 heteroatoms. The summed E-state index contributed by atoms with van der Waals surface area (Å²) in [4.78, 5) is 12.8. The molecule has 1 saturated heterocycles. The minimum atomic E-state index is -0.954. The van der Waals surface area contributed by atoms with Crippen molar-refractivity contribution in [2.75, 3.05) is 11.4 Å². The van der Waals surface area contributed by atoms with E-state index in [9.17, 15) is 14.3 Å². The number of nitrogens with zero attached hydrogens (tertiary/aromatic N) is 2. The number of hydrogen-bond donors (Lipinski definition) is 1. The van der Waals surface area contributed by atoms with Crippen LogP contribution in [0.1, 0.15) is 18.9 Å². The van der Waals surface area contributed by atoms with Gasteiger partial charge < -0.3 is 10.0 Å². The lowest BCUT2D eigenvalue weighted by molar-refractivity contribution is -0.139. The summed E-state index contributed by atoms with van der Waals surface area (Å²) in [6.07, 6.45) is 0.702. The van der Waals surface area contributed by atoms with Crippen LogP contribution in [0.3, 0.4) is 0 Å². The van der Waals surface area contributed by atoms with E-state index in [-0.39, 0.29) is 21.6 Å². The van der Waals surface area contributed by atoms with Gasteiger partial charge in [0.05, 0.1) is 15.7 Å². The highest BCUT2D eigenvalue weighted by Crippen LogP contribution is 2.35. The summed E-state index contributed by atoms with van der Waals surface area (Å²) in [5.74, 6) is -1.57. The molecule has 0 aromatic heterocycles. The maximum Gasteiger partial charge on any atom is 0.326 e. The van der Waals surface area contributed by atoms with Crippen LogP contribution in [0.25, 0.3) is 0 Å². The molecule has 0 bridgehead atoms. The smallest absolute Gasteiger partial charge is 0.326 e. The Labute approximate surface area is 118 Å². The number of benzene rings is 1. The van der Waals surface area contributed by atoms with E-state index in [0.717, 1.165) is 0 Å². The Hall–Kier alpha value is -1.61. The molecule has 2 atom stereocenters. The van der Waals surface area contributed by atoms with E-state index in [2.05, 4.69) is 15.9 Å². The first-order valence-corrected chi connectivity index (χ1v) is 6.64. The number of nitriles is 1. The number of carbonyl (C=O) groups is 1. The average Bonchev–Trinajstić information content (AvgIpc) is 2.74. The van der Waals surface area contributed by atoms with Crippen LogP contribution in [-0.4, -0.2) is 23.7 Å². The highest BCUT2D eigenvalue weighted by Gasteiger charge is 2.38. The molecule has 1 aliphatic heterocycles. The Morgan fingerprint density at radius 2 is 2.32 bits per heavy atom. The molecule has 2 unspecified atom stereocenters. The molecule has 1 aromatic carbocycles. The highest BCUT2D eigenvalue weighted by molar-refractivity contribution is 9.10. The summed E-state index contributed by atoms with van der Waals surface area (Å²) in [7, 11) is 0. The molecule has 19 heavy (non-hydrogen) atoms. The van der Waals surface area contributed by atoms with Crippen LogP contribution in [0.15, 0.2) is 16.6 Å². The van der Waals surface area contributed by atoms with Gasteiger partial charge in [-0.05, 0) is 40.4 Å². The third-order valence-corrected chi connectivity index (χ3v) is 4.22. The zero-order valence-electron chi connectivity index (χ0n) is 10.2. The normalized spacial score (nSPS) is 22.3. The Balaban J connectivity index is 2.46. The lowest BCUT2D eigenvalue weighted by Crippen LogP contribution is -2.39. The van der Waals surface area contributed by atoms with Crippen molar-refractivity contribution >= 4 is 27.6 Å². The van der Waals surface area contributed by atoms with Crippen molar-refractivity contribution < 1.29 is 14.3 Å². The van der Waals surface area contributed by atoms with Gasteiger partial charge in [-0.3, -0.25) is 0 Å². The Bertz CT molecular complexity index is 570. The van der Waals surface area contributed by atoms with Crippen molar-refractivity contribution in [2.45, 2.75) is 19.4 Å². The molecule has 100 valence electrons. The lowest BCUT2D eigenvalue weighted by Gasteiger charge is -2.26. The summed E-state index contributed by atoms with van der Waals surface area (Å²) in [6, 6.07) is 4.10. The molecule has 1 heterocycles. The van der Waals surface area contributed by atoms with E-state index in [1.165, 1.54) is 12.1 Å². The van der Waals surface area contributed by atoms with Gasteiger partial charge in [0.2, 0.25) is 0 Å². The molecule has 1 aromatic rings. The quantitative estimate of drug-likeness (QED) is 0.907. The third-order valence-electron chi connectivity index (χ3n) is 3.44. The summed E-state index contributed by atoms with van der Waals surface area (Å²) in [6.45, 7) is 2.34. The van der Waals surface area contributed by atoms with Gasteiger partial charge in [-0.2, -0.15) is 5.26 Å². The number of anilines is 1. The van der Waals surface area contributed by atoms with Gasteiger partial charge in [0.1, 0.15) is 12.1 Å². The van der Waals surface area contributed by atoms with Crippen molar-refractivity contribution in [3.05, 3.63) is 28.0 Å². The minimum absolute atomic E-state index is 0.0358. The molecule has 4 nitrogen and oxygen atoms in total. The highest BCUT2D eigenvalue weighted by atomic mass is 79.9. The van der Waals surface area contributed by atoms with Crippen LogP contribution >= 0.6 is 15.9 Å². The largest absolute Gasteiger partial charge is 0.480 e. The first-order chi connectivity index (χ1) is 8.97. The van der Waals surface area contributed by atoms with E-state index < -0.39 is 17.8 Å². The van der Waals surface area contributed by atoms with Crippen molar-refractivity contribution in [3.63, 3.8) is 0 Å². The summed E-state index contributed by atoms with van der Waals surface area (Å²) in [5, 5.41) is 18.1. The number of halogens is 2. The number of hydrogen-bond acceptors (Lipinski definition) is 3. The van der Waals surface area contributed by atoms with Crippen molar-refractivity contribution in [2.24, 2.45) is 5.92 Å². The number of rotatable bonds is 2. The predicted molar refractivity (Wildman–Crippen MR) is 71.4 cm³/mol. The van der Waals surface area contributed by atoms with E-state index >= 15 is 0 Å². The molecule has 0 aliphatic carbocycles. The third kappa shape index (κ3) is 2.30. The van der Waals surface area contributed by atoms with Crippen LogP contribution in [0, 0.1) is 23.1 Å². The second-order valence-corrected chi connectivity index (χ2v) is 5.41. The SMILES string of the molecule is CC1CCN(c2ccc(C#N)c(Br)c2F)C1C(=O)O. The predicted octanol–water partition coefficient (Wildman–Crippen LogP) is 2.76. The first kappa shape index (κ1) is 13.8. The molecule has 0 saturated carbocycles. The standard InChI is InChI=1S/C13H12BrFN2O2/c1-7-4-5-17(12(7)13(18)19)9-3-2-8(6-16)10(14)11(9)15/h2-3,7,12H,4-5H2,1H3,(H,18,19). The molecule has 1 N–H and O–H groups in total. The van der Waals surface area contributed by atoms with Crippen LogP contribution in [0.4, 0.5) is 10.1 Å². The van der Waals surface area contributed by atoms with Gasteiger partial charge >= 0.3 is 5.97 Å². The fourth-order valence-corrected chi connectivity index (χ4v) is 2.87. The van der Waals surface area contributed by atoms with Gasteiger partial charge in [0, 0.05) is 6.54 Å². The molecular formula is C13H12BrFN2O2. The maximum absolute atomic E-state index is 14.2. The Morgan fingerprint density at radius 1 is 1.63 bits per heavy atom. The average molecular weight is 327 g/mol. The number of aliphatic carboxylic acids is 1. The van der Waals surface area contributed by atoms with E-state index in [1.54, 1.807) is 4.90 Å². The summed E-state index contributed by atoms with van der Waals surface area (Å²) >= 11 is 3.04. The molecule has 0 spiro atoms. The van der Waals surface area contributed by atoms with Crippen molar-refractivity contribution in [1.82, 2.24) is 0 Å². The van der Waals surface area contributed by atoms with Crippen LogP contribution < -0.4 is 4.90 Å². The van der Waals surface area contributed by atoms with E-state index in [0.29, 0.717) is 13.0 Å². The van der Waals surface area contributed by atoms with Gasteiger partial charge in [-0.15, -0.1) is 0 Å². The molecule has 2 rings (SSSR count). The monoisotopic (exact) mass is 326 g/mol. The molecule has 1 fully saturated rings. The Morgan fingerprint density at radius 3 is 2.89 bits per heavy atom. The van der Waals surface area contributed by atoms with E-state index in [4.69, 9.17) is 5.26 Å². The molecular weight excluding hydrogens is 315 g/mol. The van der Waals surface area contributed by atoms with Gasteiger partial charge in [0.25, 0.3) is 0 Å². The second kappa shape index (κ2) is 5.17. The molecule has 1 aliphatic rings.